The van der Waals surface area contributed by atoms with E-state index in [0.717, 1.165) is 5.56 Å². The van der Waals surface area contributed by atoms with E-state index in [2.05, 4.69) is 10.6 Å². The zero-order valence-corrected chi connectivity index (χ0v) is 17.8. The van der Waals surface area contributed by atoms with Crippen molar-refractivity contribution in [3.8, 4) is 0 Å². The van der Waals surface area contributed by atoms with E-state index < -0.39 is 27.6 Å². The van der Waals surface area contributed by atoms with Gasteiger partial charge in [-0.2, -0.15) is 0 Å². The normalized spacial score (nSPS) is 11.7. The standard InChI is InChI=1S/C20H25N3O5S/c1-12-10-16(29(21,26)27)11-17(13(12)2)23-18(24)14-6-8-15(9-7-14)22-19(25)28-20(3,4)5/h6-11H,1-5H3,(H,22,25)(H,23,24)(H2,21,26,27). The van der Waals surface area contributed by atoms with Gasteiger partial charge in [0.2, 0.25) is 10.0 Å². The van der Waals surface area contributed by atoms with Crippen LogP contribution in [-0.2, 0) is 14.8 Å². The van der Waals surface area contributed by atoms with Gasteiger partial charge in [-0.25, -0.2) is 18.4 Å². The van der Waals surface area contributed by atoms with Gasteiger partial charge in [0.1, 0.15) is 5.60 Å². The smallest absolute Gasteiger partial charge is 0.412 e. The van der Waals surface area contributed by atoms with Crippen LogP contribution < -0.4 is 15.8 Å². The number of carbonyl (C=O) groups is 2. The molecule has 2 rings (SSSR count). The number of sulfonamides is 1. The molecule has 0 aliphatic rings. The second-order valence-corrected chi connectivity index (χ2v) is 9.18. The maximum absolute atomic E-state index is 12.6. The molecule has 8 nitrogen and oxygen atoms in total. The summed E-state index contributed by atoms with van der Waals surface area (Å²) in [7, 11) is -3.90. The second-order valence-electron chi connectivity index (χ2n) is 7.62. The molecule has 0 saturated heterocycles. The summed E-state index contributed by atoms with van der Waals surface area (Å²) in [5, 5.41) is 10.5. The van der Waals surface area contributed by atoms with Crippen LogP contribution in [0.3, 0.4) is 0 Å². The van der Waals surface area contributed by atoms with Crippen molar-refractivity contribution in [1.82, 2.24) is 0 Å². The largest absolute Gasteiger partial charge is 0.444 e. The highest BCUT2D eigenvalue weighted by atomic mass is 32.2. The van der Waals surface area contributed by atoms with E-state index in [9.17, 15) is 18.0 Å². The van der Waals surface area contributed by atoms with Gasteiger partial charge in [0.25, 0.3) is 5.91 Å². The third-order valence-electron chi connectivity index (χ3n) is 4.01. The van der Waals surface area contributed by atoms with Crippen molar-refractivity contribution in [2.45, 2.75) is 45.1 Å². The van der Waals surface area contributed by atoms with Gasteiger partial charge in [0.05, 0.1) is 4.90 Å². The Morgan fingerprint density at radius 1 is 1.00 bits per heavy atom. The van der Waals surface area contributed by atoms with Crippen molar-refractivity contribution >= 4 is 33.4 Å². The van der Waals surface area contributed by atoms with Gasteiger partial charge in [-0.05, 0) is 82.1 Å². The number of primary sulfonamides is 1. The van der Waals surface area contributed by atoms with Gasteiger partial charge < -0.3 is 10.1 Å². The lowest BCUT2D eigenvalue weighted by atomic mass is 10.1. The van der Waals surface area contributed by atoms with Gasteiger partial charge in [0, 0.05) is 16.9 Å². The molecule has 0 atom stereocenters. The molecule has 2 aromatic carbocycles. The molecule has 0 bridgehead atoms. The van der Waals surface area contributed by atoms with Crippen LogP contribution in [0.1, 0.15) is 42.3 Å². The molecule has 156 valence electrons. The van der Waals surface area contributed by atoms with E-state index >= 15 is 0 Å². The Morgan fingerprint density at radius 3 is 2.10 bits per heavy atom. The Balaban J connectivity index is 2.16. The monoisotopic (exact) mass is 419 g/mol. The summed E-state index contributed by atoms with van der Waals surface area (Å²) in [5.41, 5.74) is 1.95. The molecule has 29 heavy (non-hydrogen) atoms. The van der Waals surface area contributed by atoms with Crippen LogP contribution in [0.5, 0.6) is 0 Å². The fraction of sp³-hybridized carbons (Fsp3) is 0.300. The van der Waals surface area contributed by atoms with E-state index in [1.807, 2.05) is 0 Å². The molecule has 2 amide bonds. The van der Waals surface area contributed by atoms with Crippen molar-refractivity contribution in [3.63, 3.8) is 0 Å². The molecule has 9 heteroatoms. The minimum atomic E-state index is -3.90. The molecule has 0 aliphatic carbocycles. The topological polar surface area (TPSA) is 128 Å². The molecule has 0 aromatic heterocycles. The molecule has 0 fully saturated rings. The number of nitrogens with one attached hydrogen (secondary N) is 2. The first-order valence-corrected chi connectivity index (χ1v) is 10.4. The van der Waals surface area contributed by atoms with Crippen LogP contribution in [0.25, 0.3) is 0 Å². The molecule has 0 unspecified atom stereocenters. The van der Waals surface area contributed by atoms with Crippen molar-refractivity contribution in [2.24, 2.45) is 5.14 Å². The number of amides is 2. The van der Waals surface area contributed by atoms with E-state index in [1.165, 1.54) is 24.3 Å². The number of ether oxygens (including phenoxy) is 1. The minimum absolute atomic E-state index is 0.0761. The minimum Gasteiger partial charge on any atom is -0.444 e. The van der Waals surface area contributed by atoms with Crippen molar-refractivity contribution in [2.75, 3.05) is 10.6 Å². The quantitative estimate of drug-likeness (QED) is 0.698. The molecule has 0 radical (unpaired) electrons. The van der Waals surface area contributed by atoms with E-state index in [-0.39, 0.29) is 4.90 Å². The third-order valence-corrected chi connectivity index (χ3v) is 4.90. The lowest BCUT2D eigenvalue weighted by Crippen LogP contribution is -2.27. The van der Waals surface area contributed by atoms with E-state index in [4.69, 9.17) is 9.88 Å². The molecule has 2 aromatic rings. The highest BCUT2D eigenvalue weighted by Gasteiger charge is 2.17. The lowest BCUT2D eigenvalue weighted by molar-refractivity contribution is 0.0635. The fourth-order valence-electron chi connectivity index (χ4n) is 2.44. The summed E-state index contributed by atoms with van der Waals surface area (Å²) in [4.78, 5) is 24.3. The van der Waals surface area contributed by atoms with Crippen LogP contribution in [0, 0.1) is 13.8 Å². The molecular formula is C20H25N3O5S. The van der Waals surface area contributed by atoms with Gasteiger partial charge in [0.15, 0.2) is 0 Å². The number of benzene rings is 2. The first kappa shape index (κ1) is 22.4. The predicted molar refractivity (Wildman–Crippen MR) is 112 cm³/mol. The zero-order valence-electron chi connectivity index (χ0n) is 17.0. The Kier molecular flexibility index (Phi) is 6.34. The van der Waals surface area contributed by atoms with E-state index in [0.29, 0.717) is 22.5 Å². The maximum atomic E-state index is 12.6. The number of hydrogen-bond donors (Lipinski definition) is 3. The maximum Gasteiger partial charge on any atom is 0.412 e. The number of anilines is 2. The van der Waals surface area contributed by atoms with Crippen LogP contribution in [0.2, 0.25) is 0 Å². The molecule has 0 heterocycles. The van der Waals surface area contributed by atoms with Gasteiger partial charge in [-0.15, -0.1) is 0 Å². The number of aryl methyl sites for hydroxylation is 1. The summed E-state index contributed by atoms with van der Waals surface area (Å²) in [6, 6.07) is 8.99. The SMILES string of the molecule is Cc1cc(S(N)(=O)=O)cc(NC(=O)c2ccc(NC(=O)OC(C)(C)C)cc2)c1C. The van der Waals surface area contributed by atoms with Crippen molar-refractivity contribution in [3.05, 3.63) is 53.1 Å². The summed E-state index contributed by atoms with van der Waals surface area (Å²) >= 11 is 0. The van der Waals surface area contributed by atoms with Gasteiger partial charge in [-0.3, -0.25) is 10.1 Å². The van der Waals surface area contributed by atoms with Crippen LogP contribution in [0.15, 0.2) is 41.3 Å². The summed E-state index contributed by atoms with van der Waals surface area (Å²) in [6.07, 6.45) is -0.597. The fourth-order valence-corrected chi connectivity index (χ4v) is 3.06. The van der Waals surface area contributed by atoms with E-state index in [1.54, 1.807) is 46.8 Å². The highest BCUT2D eigenvalue weighted by Crippen LogP contribution is 2.24. The predicted octanol–water partition coefficient (Wildman–Crippen LogP) is 3.55. The Bertz CT molecular complexity index is 1040. The average Bonchev–Trinajstić information content (AvgIpc) is 2.56. The Hall–Kier alpha value is -2.91. The first-order valence-electron chi connectivity index (χ1n) is 8.82. The summed E-state index contributed by atoms with van der Waals surface area (Å²) in [5.74, 6) is -0.428. The molecular weight excluding hydrogens is 394 g/mol. The third kappa shape index (κ3) is 6.30. The first-order chi connectivity index (χ1) is 13.3. The van der Waals surface area contributed by atoms with Crippen molar-refractivity contribution in [1.29, 1.82) is 0 Å². The van der Waals surface area contributed by atoms with Crippen molar-refractivity contribution < 1.29 is 22.7 Å². The number of hydrogen-bond acceptors (Lipinski definition) is 5. The van der Waals surface area contributed by atoms with Gasteiger partial charge in [-0.1, -0.05) is 0 Å². The zero-order chi connectivity index (χ0) is 22.0. The molecule has 0 saturated carbocycles. The molecule has 0 aliphatic heterocycles. The number of rotatable bonds is 4. The van der Waals surface area contributed by atoms with Crippen LogP contribution in [0.4, 0.5) is 16.2 Å². The number of nitrogens with two attached hydrogens (primary N) is 1. The highest BCUT2D eigenvalue weighted by molar-refractivity contribution is 7.89. The summed E-state index contributed by atoms with van der Waals surface area (Å²) < 4.78 is 28.4. The average molecular weight is 420 g/mol. The van der Waals surface area contributed by atoms with Crippen LogP contribution in [-0.4, -0.2) is 26.0 Å². The molecule has 0 spiro atoms. The summed E-state index contributed by atoms with van der Waals surface area (Å²) in [6.45, 7) is 8.78. The Morgan fingerprint density at radius 2 is 1.59 bits per heavy atom. The lowest BCUT2D eigenvalue weighted by Gasteiger charge is -2.19. The van der Waals surface area contributed by atoms with Crippen LogP contribution >= 0.6 is 0 Å². The Labute approximate surface area is 170 Å². The number of carbonyl (C=O) groups excluding carboxylic acids is 2. The van der Waals surface area contributed by atoms with Gasteiger partial charge >= 0.3 is 6.09 Å². The second kappa shape index (κ2) is 8.22. The molecule has 4 N–H and O–H groups in total.